The van der Waals surface area contributed by atoms with E-state index in [0.29, 0.717) is 5.92 Å². The summed E-state index contributed by atoms with van der Waals surface area (Å²) in [6.07, 6.45) is 4.90. The van der Waals surface area contributed by atoms with Crippen molar-refractivity contribution in [3.63, 3.8) is 0 Å². The largest absolute Gasteiger partial charge is 0.493 e. The molecule has 0 fully saturated rings. The predicted octanol–water partition coefficient (Wildman–Crippen LogP) is 2.40. The van der Waals surface area contributed by atoms with Gasteiger partial charge in [0.1, 0.15) is 5.75 Å². The van der Waals surface area contributed by atoms with E-state index in [1.807, 2.05) is 31.6 Å². The number of nitrogens with one attached hydrogen (secondary N) is 1. The van der Waals surface area contributed by atoms with Crippen molar-refractivity contribution in [2.75, 3.05) is 18.5 Å². The summed E-state index contributed by atoms with van der Waals surface area (Å²) in [5.41, 5.74) is 2.38. The van der Waals surface area contributed by atoms with Crippen LogP contribution in [0, 0.1) is 0 Å². The van der Waals surface area contributed by atoms with Gasteiger partial charge < -0.3 is 10.1 Å². The SMILES string of the molecule is Cn1cc(NCC2CCOc3ccccc32)cn1. The molecule has 2 aromatic rings. The zero-order valence-corrected chi connectivity index (χ0v) is 10.5. The first kappa shape index (κ1) is 11.1. The molecule has 4 heteroatoms. The van der Waals surface area contributed by atoms with Gasteiger partial charge in [0.25, 0.3) is 0 Å². The maximum Gasteiger partial charge on any atom is 0.122 e. The van der Waals surface area contributed by atoms with Crippen LogP contribution in [0.1, 0.15) is 17.9 Å². The van der Waals surface area contributed by atoms with Crippen LogP contribution in [-0.4, -0.2) is 22.9 Å². The normalized spacial score (nSPS) is 17.9. The summed E-state index contributed by atoms with van der Waals surface area (Å²) in [5.74, 6) is 1.54. The Kier molecular flexibility index (Phi) is 2.92. The Hall–Kier alpha value is -1.97. The summed E-state index contributed by atoms with van der Waals surface area (Å²) in [7, 11) is 1.93. The van der Waals surface area contributed by atoms with Gasteiger partial charge in [-0.2, -0.15) is 5.10 Å². The van der Waals surface area contributed by atoms with Crippen molar-refractivity contribution >= 4 is 5.69 Å². The molecule has 3 rings (SSSR count). The van der Waals surface area contributed by atoms with E-state index < -0.39 is 0 Å². The summed E-state index contributed by atoms with van der Waals surface area (Å²) in [4.78, 5) is 0. The van der Waals surface area contributed by atoms with Gasteiger partial charge in [-0.15, -0.1) is 0 Å². The van der Waals surface area contributed by atoms with E-state index in [-0.39, 0.29) is 0 Å². The minimum absolute atomic E-state index is 0.509. The van der Waals surface area contributed by atoms with E-state index in [1.165, 1.54) is 5.56 Å². The van der Waals surface area contributed by atoms with Crippen LogP contribution in [0.2, 0.25) is 0 Å². The second-order valence-electron chi connectivity index (χ2n) is 4.66. The molecular formula is C14H17N3O. The monoisotopic (exact) mass is 243 g/mol. The van der Waals surface area contributed by atoms with Gasteiger partial charge in [0.15, 0.2) is 0 Å². The fourth-order valence-corrected chi connectivity index (χ4v) is 2.38. The van der Waals surface area contributed by atoms with Crippen LogP contribution < -0.4 is 10.1 Å². The van der Waals surface area contributed by atoms with Gasteiger partial charge in [-0.3, -0.25) is 4.68 Å². The molecule has 4 nitrogen and oxygen atoms in total. The first-order chi connectivity index (χ1) is 8.83. The lowest BCUT2D eigenvalue weighted by Gasteiger charge is -2.26. The van der Waals surface area contributed by atoms with Gasteiger partial charge >= 0.3 is 0 Å². The molecule has 0 bridgehead atoms. The molecule has 0 aliphatic carbocycles. The highest BCUT2D eigenvalue weighted by Crippen LogP contribution is 2.33. The smallest absolute Gasteiger partial charge is 0.122 e. The molecule has 1 N–H and O–H groups in total. The fourth-order valence-electron chi connectivity index (χ4n) is 2.38. The zero-order chi connectivity index (χ0) is 12.4. The fraction of sp³-hybridized carbons (Fsp3) is 0.357. The molecule has 0 amide bonds. The van der Waals surface area contributed by atoms with E-state index in [0.717, 1.165) is 31.0 Å². The van der Waals surface area contributed by atoms with Crippen molar-refractivity contribution < 1.29 is 4.74 Å². The number of ether oxygens (including phenoxy) is 1. The van der Waals surface area contributed by atoms with Crippen LogP contribution in [0.25, 0.3) is 0 Å². The molecular weight excluding hydrogens is 226 g/mol. The Morgan fingerprint density at radius 1 is 1.44 bits per heavy atom. The maximum atomic E-state index is 5.67. The highest BCUT2D eigenvalue weighted by atomic mass is 16.5. The molecule has 0 radical (unpaired) electrons. The van der Waals surface area contributed by atoms with E-state index in [2.05, 4.69) is 22.5 Å². The summed E-state index contributed by atoms with van der Waals surface area (Å²) >= 11 is 0. The molecule has 94 valence electrons. The second kappa shape index (κ2) is 4.72. The number of anilines is 1. The molecule has 1 aliphatic rings. The van der Waals surface area contributed by atoms with Crippen molar-refractivity contribution in [1.29, 1.82) is 0 Å². The van der Waals surface area contributed by atoms with Gasteiger partial charge in [0.2, 0.25) is 0 Å². The maximum absolute atomic E-state index is 5.67. The highest BCUT2D eigenvalue weighted by molar-refractivity contribution is 5.42. The second-order valence-corrected chi connectivity index (χ2v) is 4.66. The lowest BCUT2D eigenvalue weighted by Crippen LogP contribution is -2.20. The third-order valence-electron chi connectivity index (χ3n) is 3.34. The standard InChI is InChI=1S/C14H17N3O/c1-17-10-12(9-16-17)15-8-11-6-7-18-14-5-3-2-4-13(11)14/h2-5,9-11,15H,6-8H2,1H3. The van der Waals surface area contributed by atoms with Crippen molar-refractivity contribution in [3.05, 3.63) is 42.2 Å². The number of rotatable bonds is 3. The molecule has 1 atom stereocenters. The van der Waals surface area contributed by atoms with E-state index in [4.69, 9.17) is 4.74 Å². The zero-order valence-electron chi connectivity index (χ0n) is 10.5. The number of aromatic nitrogens is 2. The first-order valence-corrected chi connectivity index (χ1v) is 6.27. The van der Waals surface area contributed by atoms with Gasteiger partial charge in [-0.05, 0) is 18.1 Å². The van der Waals surface area contributed by atoms with Crippen LogP contribution in [-0.2, 0) is 7.05 Å². The Labute approximate surface area is 107 Å². The van der Waals surface area contributed by atoms with Crippen LogP contribution in [0.5, 0.6) is 5.75 Å². The minimum Gasteiger partial charge on any atom is -0.493 e. The van der Waals surface area contributed by atoms with Gasteiger partial charge in [-0.1, -0.05) is 18.2 Å². The van der Waals surface area contributed by atoms with E-state index in [1.54, 1.807) is 4.68 Å². The van der Waals surface area contributed by atoms with E-state index >= 15 is 0 Å². The Balaban J connectivity index is 1.71. The lowest BCUT2D eigenvalue weighted by atomic mass is 9.93. The number of para-hydroxylation sites is 1. The molecule has 0 saturated heterocycles. The average Bonchev–Trinajstić information content (AvgIpc) is 2.82. The van der Waals surface area contributed by atoms with Gasteiger partial charge in [0.05, 0.1) is 18.5 Å². The van der Waals surface area contributed by atoms with Crippen molar-refractivity contribution in [2.24, 2.45) is 7.05 Å². The van der Waals surface area contributed by atoms with Crippen LogP contribution >= 0.6 is 0 Å². The molecule has 0 saturated carbocycles. The molecule has 1 aromatic heterocycles. The van der Waals surface area contributed by atoms with Crippen LogP contribution in [0.15, 0.2) is 36.7 Å². The molecule has 2 heterocycles. The van der Waals surface area contributed by atoms with Crippen molar-refractivity contribution in [2.45, 2.75) is 12.3 Å². The van der Waals surface area contributed by atoms with Crippen molar-refractivity contribution in [3.8, 4) is 5.75 Å². The third-order valence-corrected chi connectivity index (χ3v) is 3.34. The number of nitrogens with zero attached hydrogens (tertiary/aromatic N) is 2. The number of aryl methyl sites for hydroxylation is 1. The minimum atomic E-state index is 0.509. The Morgan fingerprint density at radius 3 is 3.17 bits per heavy atom. The van der Waals surface area contributed by atoms with Crippen molar-refractivity contribution in [1.82, 2.24) is 9.78 Å². The summed E-state index contributed by atoms with van der Waals surface area (Å²) in [5, 5.41) is 7.59. The number of hydrogen-bond donors (Lipinski definition) is 1. The predicted molar refractivity (Wildman–Crippen MR) is 71.0 cm³/mol. The Morgan fingerprint density at radius 2 is 2.33 bits per heavy atom. The molecule has 1 unspecified atom stereocenters. The molecule has 18 heavy (non-hydrogen) atoms. The average molecular weight is 243 g/mol. The summed E-state index contributed by atoms with van der Waals surface area (Å²) in [6, 6.07) is 8.30. The summed E-state index contributed by atoms with van der Waals surface area (Å²) < 4.78 is 7.47. The first-order valence-electron chi connectivity index (χ1n) is 6.27. The van der Waals surface area contributed by atoms with Crippen LogP contribution in [0.3, 0.4) is 0 Å². The topological polar surface area (TPSA) is 39.1 Å². The molecule has 0 spiro atoms. The summed E-state index contributed by atoms with van der Waals surface area (Å²) in [6.45, 7) is 1.72. The molecule has 1 aromatic carbocycles. The number of hydrogen-bond acceptors (Lipinski definition) is 3. The third kappa shape index (κ3) is 2.18. The van der Waals surface area contributed by atoms with Gasteiger partial charge in [-0.25, -0.2) is 0 Å². The van der Waals surface area contributed by atoms with Crippen LogP contribution in [0.4, 0.5) is 5.69 Å². The quantitative estimate of drug-likeness (QED) is 0.899. The Bertz CT molecular complexity index is 535. The molecule has 1 aliphatic heterocycles. The van der Waals surface area contributed by atoms with Gasteiger partial charge in [0, 0.05) is 25.7 Å². The number of benzene rings is 1. The van der Waals surface area contributed by atoms with E-state index in [9.17, 15) is 0 Å². The highest BCUT2D eigenvalue weighted by Gasteiger charge is 2.20. The number of fused-ring (bicyclic) bond motifs is 1. The lowest BCUT2D eigenvalue weighted by molar-refractivity contribution is 0.270.